The smallest absolute Gasteiger partial charge is 0.102 e. The molecule has 0 saturated heterocycles. The lowest BCUT2D eigenvalue weighted by Gasteiger charge is -2.40. The molecular weight excluding hydrogens is 372 g/mol. The zero-order valence-electron chi connectivity index (χ0n) is 20.2. The van der Waals surface area contributed by atoms with Gasteiger partial charge in [-0.3, -0.25) is 15.0 Å². The number of nitrogens with zero attached hydrogens (tertiary/aromatic N) is 5. The molecule has 0 fully saturated rings. The number of amidine groups is 3. The first-order chi connectivity index (χ1) is 14.4. The van der Waals surface area contributed by atoms with Crippen LogP contribution in [0.1, 0.15) is 66.7 Å². The van der Waals surface area contributed by atoms with Crippen LogP contribution in [-0.2, 0) is 0 Å². The topological polar surface area (TPSA) is 55.6 Å². The Balaban J connectivity index is 1.58. The molecule has 6 heteroatoms. The highest BCUT2D eigenvalue weighted by atomic mass is 15.2. The summed E-state index contributed by atoms with van der Waals surface area (Å²) in [6.45, 7) is 16.6. The van der Waals surface area contributed by atoms with Gasteiger partial charge in [-0.15, -0.1) is 0 Å². The van der Waals surface area contributed by atoms with Gasteiger partial charge in [0, 0.05) is 69.6 Å². The predicted molar refractivity (Wildman–Crippen MR) is 129 cm³/mol. The quantitative estimate of drug-likeness (QED) is 0.657. The Hall–Kier alpha value is -1.59. The fraction of sp³-hybridized carbons (Fsp3) is 0.875. The Kier molecular flexibility index (Phi) is 8.18. The molecule has 0 radical (unpaired) electrons. The Bertz CT molecular complexity index is 652. The van der Waals surface area contributed by atoms with Gasteiger partial charge in [-0.25, -0.2) is 0 Å². The summed E-state index contributed by atoms with van der Waals surface area (Å²) in [5.74, 6) is 5.27. The summed E-state index contributed by atoms with van der Waals surface area (Å²) in [4.78, 5) is 19.5. The molecule has 0 saturated carbocycles. The van der Waals surface area contributed by atoms with Gasteiger partial charge in [0.2, 0.25) is 0 Å². The molecule has 30 heavy (non-hydrogen) atoms. The monoisotopic (exact) mass is 416 g/mol. The molecule has 3 aliphatic rings. The highest BCUT2D eigenvalue weighted by molar-refractivity contribution is 5.87. The van der Waals surface area contributed by atoms with Crippen LogP contribution in [0.5, 0.6) is 0 Å². The molecule has 0 aromatic heterocycles. The van der Waals surface area contributed by atoms with Gasteiger partial charge in [0.05, 0.1) is 5.84 Å². The van der Waals surface area contributed by atoms with Gasteiger partial charge in [0.15, 0.2) is 0 Å². The second-order valence-corrected chi connectivity index (χ2v) is 9.79. The molecule has 4 unspecified atom stereocenters. The maximum Gasteiger partial charge on any atom is 0.102 e. The van der Waals surface area contributed by atoms with Crippen molar-refractivity contribution in [2.75, 3.05) is 39.8 Å². The van der Waals surface area contributed by atoms with Crippen molar-refractivity contribution in [2.45, 2.75) is 78.8 Å². The van der Waals surface area contributed by atoms with Crippen molar-refractivity contribution in [1.82, 2.24) is 15.1 Å². The molecule has 3 rings (SSSR count). The van der Waals surface area contributed by atoms with Crippen LogP contribution >= 0.6 is 0 Å². The van der Waals surface area contributed by atoms with E-state index in [0.29, 0.717) is 29.8 Å². The molecule has 6 nitrogen and oxygen atoms in total. The van der Waals surface area contributed by atoms with Crippen LogP contribution in [0.3, 0.4) is 0 Å². The Labute approximate surface area is 184 Å². The van der Waals surface area contributed by atoms with Crippen LogP contribution < -0.4 is 5.32 Å². The van der Waals surface area contributed by atoms with E-state index in [9.17, 15) is 0 Å². The number of hydrogen-bond donors (Lipinski definition) is 1. The average Bonchev–Trinajstić information content (AvgIpc) is 2.75. The minimum atomic E-state index is 0.469. The van der Waals surface area contributed by atoms with E-state index in [-0.39, 0.29) is 0 Å². The van der Waals surface area contributed by atoms with E-state index in [0.717, 1.165) is 45.4 Å². The summed E-state index contributed by atoms with van der Waals surface area (Å²) in [6.07, 6.45) is 5.78. The summed E-state index contributed by atoms with van der Waals surface area (Å²) in [5.41, 5.74) is 0. The van der Waals surface area contributed by atoms with Gasteiger partial charge >= 0.3 is 0 Å². The molecule has 170 valence electrons. The van der Waals surface area contributed by atoms with Crippen LogP contribution in [0.15, 0.2) is 15.0 Å². The second kappa shape index (κ2) is 10.6. The fourth-order valence-electron chi connectivity index (χ4n) is 5.30. The molecule has 0 spiro atoms. The lowest BCUT2D eigenvalue weighted by molar-refractivity contribution is 0.271. The van der Waals surface area contributed by atoms with Gasteiger partial charge in [0.1, 0.15) is 11.7 Å². The summed E-state index contributed by atoms with van der Waals surface area (Å²) in [5, 5.41) is 3.69. The van der Waals surface area contributed by atoms with Crippen molar-refractivity contribution in [1.29, 1.82) is 0 Å². The third kappa shape index (κ3) is 5.55. The average molecular weight is 417 g/mol. The third-order valence-electron chi connectivity index (χ3n) is 7.01. The zero-order valence-corrected chi connectivity index (χ0v) is 20.2. The van der Waals surface area contributed by atoms with E-state index < -0.39 is 0 Å². The van der Waals surface area contributed by atoms with E-state index in [4.69, 9.17) is 9.98 Å². The van der Waals surface area contributed by atoms with Crippen molar-refractivity contribution in [2.24, 2.45) is 32.7 Å². The molecule has 0 bridgehead atoms. The highest BCUT2D eigenvalue weighted by Gasteiger charge is 2.31. The van der Waals surface area contributed by atoms with Gasteiger partial charge in [0.25, 0.3) is 0 Å². The Morgan fingerprint density at radius 1 is 0.933 bits per heavy atom. The molecule has 3 aliphatic heterocycles. The fourth-order valence-corrected chi connectivity index (χ4v) is 5.30. The first-order valence-electron chi connectivity index (χ1n) is 12.3. The molecule has 0 aliphatic carbocycles. The maximum absolute atomic E-state index is 4.98. The maximum atomic E-state index is 4.98. The van der Waals surface area contributed by atoms with Crippen molar-refractivity contribution >= 4 is 17.5 Å². The van der Waals surface area contributed by atoms with E-state index in [1.807, 2.05) is 0 Å². The van der Waals surface area contributed by atoms with Crippen molar-refractivity contribution in [3.05, 3.63) is 0 Å². The summed E-state index contributed by atoms with van der Waals surface area (Å²) in [7, 11) is 2.27. The Morgan fingerprint density at radius 3 is 2.37 bits per heavy atom. The van der Waals surface area contributed by atoms with Crippen LogP contribution in [0.2, 0.25) is 0 Å². The van der Waals surface area contributed by atoms with E-state index in [2.05, 4.69) is 61.8 Å². The van der Waals surface area contributed by atoms with Gasteiger partial charge in [-0.1, -0.05) is 27.7 Å². The summed E-state index contributed by atoms with van der Waals surface area (Å²) in [6, 6.07) is 1.07. The van der Waals surface area contributed by atoms with Gasteiger partial charge < -0.3 is 15.1 Å². The summed E-state index contributed by atoms with van der Waals surface area (Å²) < 4.78 is 0. The Morgan fingerprint density at radius 2 is 1.63 bits per heavy atom. The third-order valence-corrected chi connectivity index (χ3v) is 7.01. The first-order valence-corrected chi connectivity index (χ1v) is 12.3. The normalized spacial score (nSPS) is 27.2. The van der Waals surface area contributed by atoms with E-state index in [1.165, 1.54) is 36.9 Å². The van der Waals surface area contributed by atoms with E-state index >= 15 is 0 Å². The molecule has 0 aromatic rings. The minimum Gasteiger partial charge on any atom is -0.371 e. The molecular formula is C24H44N6. The van der Waals surface area contributed by atoms with Gasteiger partial charge in [-0.2, -0.15) is 0 Å². The lowest BCUT2D eigenvalue weighted by atomic mass is 9.91. The molecule has 3 heterocycles. The van der Waals surface area contributed by atoms with Gasteiger partial charge in [-0.05, 0) is 39.0 Å². The van der Waals surface area contributed by atoms with Crippen LogP contribution in [0, 0.1) is 17.8 Å². The molecule has 0 amide bonds. The van der Waals surface area contributed by atoms with Crippen LogP contribution in [0.4, 0.5) is 0 Å². The standard InChI is InChI=1S/C24H44N6/c1-7-30-14-8-11-26-24(30)19(5)16-21-10-13-27-23(29(21)6)18(4)15-20-9-12-25-22(28-20)17(2)3/h17-21H,7-16H2,1-6H3,(H,25,28). The molecule has 1 N–H and O–H groups in total. The predicted octanol–water partition coefficient (Wildman–Crippen LogP) is 3.68. The molecule has 0 aromatic carbocycles. The van der Waals surface area contributed by atoms with Crippen molar-refractivity contribution < 1.29 is 0 Å². The van der Waals surface area contributed by atoms with E-state index in [1.54, 1.807) is 0 Å². The molecule has 4 atom stereocenters. The summed E-state index contributed by atoms with van der Waals surface area (Å²) >= 11 is 0. The van der Waals surface area contributed by atoms with Crippen LogP contribution in [-0.4, -0.2) is 79.2 Å². The number of nitrogens with one attached hydrogen (secondary N) is 1. The lowest BCUT2D eigenvalue weighted by Crippen LogP contribution is -2.48. The number of hydrogen-bond acceptors (Lipinski definition) is 6. The van der Waals surface area contributed by atoms with Crippen molar-refractivity contribution in [3.63, 3.8) is 0 Å². The number of aliphatic imine (C=N–C) groups is 3. The first kappa shape index (κ1) is 23.1. The zero-order chi connectivity index (χ0) is 21.7. The number of rotatable bonds is 8. The second-order valence-electron chi connectivity index (χ2n) is 9.79. The minimum absolute atomic E-state index is 0.469. The largest absolute Gasteiger partial charge is 0.371 e. The highest BCUT2D eigenvalue weighted by Crippen LogP contribution is 2.25. The van der Waals surface area contributed by atoms with Crippen molar-refractivity contribution in [3.8, 4) is 0 Å². The SMILES string of the molecule is CCN1CCCN=C1C(C)CC1CCN=C(C(C)CC2CCN=C(C(C)C)N2)N1C. The van der Waals surface area contributed by atoms with Crippen LogP contribution in [0.25, 0.3) is 0 Å².